The fraction of sp³-hybridized carbons (Fsp3) is 0.385. The number of aryl methyl sites for hydroxylation is 1. The number of benzene rings is 2. The number of alkyl halides is 3. The highest BCUT2D eigenvalue weighted by atomic mass is 32.1. The van der Waals surface area contributed by atoms with E-state index in [9.17, 15) is 18.0 Å². The molecule has 2 aromatic carbocycles. The number of nitrogens with zero attached hydrogens (tertiary/aromatic N) is 2. The van der Waals surface area contributed by atoms with E-state index in [4.69, 9.17) is 9.47 Å². The molecule has 2 heterocycles. The van der Waals surface area contributed by atoms with Crippen LogP contribution in [0, 0.1) is 6.92 Å². The van der Waals surface area contributed by atoms with Gasteiger partial charge in [0.15, 0.2) is 6.61 Å². The Bertz CT molecular complexity index is 1180. The van der Waals surface area contributed by atoms with Crippen molar-refractivity contribution in [1.29, 1.82) is 0 Å². The van der Waals surface area contributed by atoms with Crippen LogP contribution in [0.1, 0.15) is 34.2 Å². The number of halogens is 3. The zero-order valence-corrected chi connectivity index (χ0v) is 20.5. The molecular weight excluding hydrogens is 477 g/mol. The van der Waals surface area contributed by atoms with Gasteiger partial charge < -0.3 is 9.47 Å². The minimum atomic E-state index is -4.35. The number of ether oxygens (including phenoxy) is 2. The van der Waals surface area contributed by atoms with E-state index in [2.05, 4.69) is 16.0 Å². The average Bonchev–Trinajstić information content (AvgIpc) is 3.07. The van der Waals surface area contributed by atoms with Gasteiger partial charge in [-0.3, -0.25) is 4.90 Å². The monoisotopic (exact) mass is 504 g/mol. The molecule has 186 valence electrons. The maximum Gasteiger partial charge on any atom is 0.416 e. The quantitative estimate of drug-likeness (QED) is 0.388. The molecule has 0 aliphatic carbocycles. The molecule has 4 rings (SSSR count). The molecule has 9 heteroatoms. The summed E-state index contributed by atoms with van der Waals surface area (Å²) >= 11 is 1.53. The van der Waals surface area contributed by atoms with Crippen LogP contribution in [0.4, 0.5) is 13.2 Å². The van der Waals surface area contributed by atoms with Crippen LogP contribution in [0.25, 0.3) is 10.6 Å². The summed E-state index contributed by atoms with van der Waals surface area (Å²) in [5.41, 5.74) is 3.41. The molecule has 0 saturated heterocycles. The second-order valence-corrected chi connectivity index (χ2v) is 9.49. The van der Waals surface area contributed by atoms with E-state index in [1.165, 1.54) is 34.6 Å². The number of thiazole rings is 1. The molecule has 0 spiro atoms. The van der Waals surface area contributed by atoms with E-state index < -0.39 is 11.7 Å². The second-order valence-electron chi connectivity index (χ2n) is 8.40. The van der Waals surface area contributed by atoms with Crippen LogP contribution in [0.3, 0.4) is 0 Å². The highest BCUT2D eigenvalue weighted by molar-refractivity contribution is 7.15. The normalized spacial score (nSPS) is 14.3. The van der Waals surface area contributed by atoms with E-state index in [0.717, 1.165) is 60.2 Å². The van der Waals surface area contributed by atoms with Crippen LogP contribution in [0.15, 0.2) is 42.5 Å². The first-order chi connectivity index (χ1) is 16.7. The topological polar surface area (TPSA) is 51.7 Å². The maximum absolute atomic E-state index is 12.9. The van der Waals surface area contributed by atoms with Gasteiger partial charge in [-0.25, -0.2) is 9.78 Å². The second kappa shape index (κ2) is 10.8. The highest BCUT2D eigenvalue weighted by Crippen LogP contribution is 2.33. The van der Waals surface area contributed by atoms with Crippen LogP contribution in [0.5, 0.6) is 5.75 Å². The Labute approximate surface area is 206 Å². The first kappa shape index (κ1) is 25.2. The lowest BCUT2D eigenvalue weighted by atomic mass is 10.0. The van der Waals surface area contributed by atoms with Gasteiger partial charge in [0.05, 0.1) is 17.9 Å². The van der Waals surface area contributed by atoms with Gasteiger partial charge >= 0.3 is 12.1 Å². The van der Waals surface area contributed by atoms with E-state index >= 15 is 0 Å². The van der Waals surface area contributed by atoms with Gasteiger partial charge in [0.25, 0.3) is 0 Å². The van der Waals surface area contributed by atoms with Gasteiger partial charge in [-0.05, 0) is 62.1 Å². The van der Waals surface area contributed by atoms with Gasteiger partial charge in [-0.1, -0.05) is 18.2 Å². The smallest absolute Gasteiger partial charge is 0.416 e. The van der Waals surface area contributed by atoms with E-state index in [-0.39, 0.29) is 12.6 Å². The van der Waals surface area contributed by atoms with Gasteiger partial charge in [-0.2, -0.15) is 13.2 Å². The standard InChI is InChI=1S/C26H27F3N2O3S/c1-3-33-24(32)16-34-22-9-6-18-10-12-31(13-11-20(18)14-22)15-23-17(2)30-25(35-23)19-4-7-21(8-5-19)26(27,28)29/h4-9,14H,3,10-13,15-16H2,1-2H3. The lowest BCUT2D eigenvalue weighted by Crippen LogP contribution is -2.25. The molecule has 5 nitrogen and oxygen atoms in total. The van der Waals surface area contributed by atoms with Crippen LogP contribution in [-0.4, -0.2) is 42.2 Å². The third-order valence-corrected chi connectivity index (χ3v) is 7.14. The number of fused-ring (bicyclic) bond motifs is 1. The number of aromatic nitrogens is 1. The zero-order valence-electron chi connectivity index (χ0n) is 19.7. The summed E-state index contributed by atoms with van der Waals surface area (Å²) < 4.78 is 49.1. The molecule has 0 saturated carbocycles. The largest absolute Gasteiger partial charge is 0.482 e. The minimum absolute atomic E-state index is 0.106. The van der Waals surface area contributed by atoms with E-state index in [0.29, 0.717) is 17.9 Å². The Morgan fingerprint density at radius 2 is 1.80 bits per heavy atom. The molecule has 1 aromatic heterocycles. The van der Waals surface area contributed by atoms with Crippen LogP contribution in [-0.2, 0) is 35.1 Å². The van der Waals surface area contributed by atoms with Gasteiger partial charge in [0.1, 0.15) is 10.8 Å². The molecule has 3 aromatic rings. The summed E-state index contributed by atoms with van der Waals surface area (Å²) in [6.07, 6.45) is -2.59. The number of hydrogen-bond donors (Lipinski definition) is 0. The predicted octanol–water partition coefficient (Wildman–Crippen LogP) is 5.68. The number of carbonyl (C=O) groups excluding carboxylic acids is 1. The molecule has 0 atom stereocenters. The van der Waals surface area contributed by atoms with Crippen molar-refractivity contribution in [2.24, 2.45) is 0 Å². The van der Waals surface area contributed by atoms with Crippen molar-refractivity contribution in [3.05, 3.63) is 69.7 Å². The van der Waals surface area contributed by atoms with Crippen molar-refractivity contribution in [2.75, 3.05) is 26.3 Å². The minimum Gasteiger partial charge on any atom is -0.482 e. The van der Waals surface area contributed by atoms with Crippen molar-refractivity contribution < 1.29 is 27.4 Å². The van der Waals surface area contributed by atoms with E-state index in [1.807, 2.05) is 19.1 Å². The van der Waals surface area contributed by atoms with E-state index in [1.54, 1.807) is 6.92 Å². The van der Waals surface area contributed by atoms with Crippen LogP contribution in [0.2, 0.25) is 0 Å². The van der Waals surface area contributed by atoms with Crippen molar-refractivity contribution >= 4 is 17.3 Å². The summed E-state index contributed by atoms with van der Waals surface area (Å²) in [5, 5.41) is 0.729. The van der Waals surface area contributed by atoms with Crippen molar-refractivity contribution in [3.63, 3.8) is 0 Å². The Morgan fingerprint density at radius 3 is 2.49 bits per heavy atom. The number of carbonyl (C=O) groups is 1. The van der Waals surface area contributed by atoms with Crippen LogP contribution < -0.4 is 4.74 Å². The van der Waals surface area contributed by atoms with Gasteiger partial charge in [0, 0.05) is 30.1 Å². The molecule has 35 heavy (non-hydrogen) atoms. The van der Waals surface area contributed by atoms with Crippen molar-refractivity contribution in [2.45, 2.75) is 39.4 Å². The number of esters is 1. The van der Waals surface area contributed by atoms with Crippen LogP contribution >= 0.6 is 11.3 Å². The molecule has 0 N–H and O–H groups in total. The number of hydrogen-bond acceptors (Lipinski definition) is 6. The third-order valence-electron chi connectivity index (χ3n) is 5.95. The first-order valence-corrected chi connectivity index (χ1v) is 12.3. The lowest BCUT2D eigenvalue weighted by Gasteiger charge is -2.18. The highest BCUT2D eigenvalue weighted by Gasteiger charge is 2.30. The summed E-state index contributed by atoms with van der Waals surface area (Å²) in [5.74, 6) is 0.272. The molecule has 0 unspecified atom stereocenters. The first-order valence-electron chi connectivity index (χ1n) is 11.5. The molecule has 1 aliphatic heterocycles. The Balaban J connectivity index is 1.39. The zero-order chi connectivity index (χ0) is 25.0. The molecule has 0 radical (unpaired) electrons. The van der Waals surface area contributed by atoms with Gasteiger partial charge in [0.2, 0.25) is 0 Å². The van der Waals surface area contributed by atoms with Gasteiger partial charge in [-0.15, -0.1) is 11.3 Å². The molecule has 0 fully saturated rings. The van der Waals surface area contributed by atoms with Crippen molar-refractivity contribution in [1.82, 2.24) is 9.88 Å². The summed E-state index contributed by atoms with van der Waals surface area (Å²) in [6.45, 7) is 6.42. The van der Waals surface area contributed by atoms with Crippen molar-refractivity contribution in [3.8, 4) is 16.3 Å². The predicted molar refractivity (Wildman–Crippen MR) is 129 cm³/mol. The lowest BCUT2D eigenvalue weighted by molar-refractivity contribution is -0.145. The summed E-state index contributed by atoms with van der Waals surface area (Å²) in [6, 6.07) is 11.1. The molecule has 0 amide bonds. The Hall–Kier alpha value is -2.91. The molecular formula is C26H27F3N2O3S. The fourth-order valence-corrected chi connectivity index (χ4v) is 5.15. The molecule has 0 bridgehead atoms. The number of rotatable bonds is 7. The SMILES string of the molecule is CCOC(=O)COc1ccc2c(c1)CCN(Cc1sc(-c3ccc(C(F)(F)F)cc3)nc1C)CC2. The average molecular weight is 505 g/mol. The Morgan fingerprint density at radius 1 is 1.09 bits per heavy atom. The molecule has 1 aliphatic rings. The third kappa shape index (κ3) is 6.41. The maximum atomic E-state index is 12.9. The summed E-state index contributed by atoms with van der Waals surface area (Å²) in [4.78, 5) is 19.7. The fourth-order valence-electron chi connectivity index (χ4n) is 4.04. The summed E-state index contributed by atoms with van der Waals surface area (Å²) in [7, 11) is 0. The Kier molecular flexibility index (Phi) is 7.76.